The van der Waals surface area contributed by atoms with E-state index in [0.29, 0.717) is 0 Å². The van der Waals surface area contributed by atoms with Gasteiger partial charge in [0.2, 0.25) is 0 Å². The molecule has 0 radical (unpaired) electrons. The lowest BCUT2D eigenvalue weighted by Gasteiger charge is -2.44. The van der Waals surface area contributed by atoms with E-state index in [9.17, 15) is 0 Å². The number of aromatic nitrogens is 2. The fraction of sp³-hybridized carbons (Fsp3) is 0.156. The van der Waals surface area contributed by atoms with Crippen molar-refractivity contribution < 1.29 is 0 Å². The minimum Gasteiger partial charge on any atom is -0.311 e. The van der Waals surface area contributed by atoms with E-state index in [1.165, 1.54) is 105 Å². The topological polar surface area (TPSA) is 16.3 Å². The lowest BCUT2D eigenvalue weighted by atomic mass is 9.33. The molecule has 0 fully saturated rings. The first-order valence-corrected chi connectivity index (χ1v) is 24.5. The Morgan fingerprint density at radius 1 is 0.333 bits per heavy atom. The van der Waals surface area contributed by atoms with Crippen LogP contribution >= 0.6 is 0 Å². The average molecular weight is 891 g/mol. The summed E-state index contributed by atoms with van der Waals surface area (Å²) in [6, 6.07) is 71.6. The lowest BCUT2D eigenvalue weighted by molar-refractivity contribution is 0.590. The number of nitrogens with zero attached hydrogens (tertiary/aromatic N) is 4. The van der Waals surface area contributed by atoms with Crippen LogP contribution in [0.1, 0.15) is 63.8 Å². The largest absolute Gasteiger partial charge is 0.311 e. The van der Waals surface area contributed by atoms with E-state index in [1.807, 2.05) is 0 Å². The van der Waals surface area contributed by atoms with Crippen LogP contribution in [-0.2, 0) is 10.8 Å². The Labute approximate surface area is 405 Å². The summed E-state index contributed by atoms with van der Waals surface area (Å²) in [5.74, 6) is 0. The van der Waals surface area contributed by atoms with Gasteiger partial charge in [-0.1, -0.05) is 144 Å². The maximum atomic E-state index is 2.54. The molecule has 0 saturated heterocycles. The first-order chi connectivity index (χ1) is 33.3. The SMILES string of the molecule is Cc1ccc2c(c1)c1cc(C)ccc1n2-c1ccc2c(c1)N(c1ccc(C(C)(C)C)cc1)c1cccc3c1B2c1ccc(-n2c4ccccc4c4ccccc42)cc1N3c1ccc(C(C)(C)C)cc1. The van der Waals surface area contributed by atoms with Crippen molar-refractivity contribution in [2.75, 3.05) is 9.80 Å². The van der Waals surface area contributed by atoms with Crippen molar-refractivity contribution in [2.24, 2.45) is 0 Å². The normalized spacial score (nSPS) is 13.4. The van der Waals surface area contributed by atoms with Crippen LogP contribution in [0.3, 0.4) is 0 Å². The second kappa shape index (κ2) is 14.9. The zero-order valence-corrected chi connectivity index (χ0v) is 40.8. The summed E-state index contributed by atoms with van der Waals surface area (Å²) >= 11 is 0. The molecule has 334 valence electrons. The first-order valence-electron chi connectivity index (χ1n) is 24.5. The zero-order valence-electron chi connectivity index (χ0n) is 40.8. The predicted octanol–water partition coefficient (Wildman–Crippen LogP) is 15.2. The quantitative estimate of drug-likeness (QED) is 0.164. The Morgan fingerprint density at radius 3 is 1.14 bits per heavy atom. The van der Waals surface area contributed by atoms with E-state index in [-0.39, 0.29) is 17.5 Å². The molecule has 0 spiro atoms. The fourth-order valence-corrected chi connectivity index (χ4v) is 11.7. The molecule has 0 saturated carbocycles. The van der Waals surface area contributed by atoms with Gasteiger partial charge < -0.3 is 18.9 Å². The molecule has 2 aliphatic rings. The van der Waals surface area contributed by atoms with E-state index >= 15 is 0 Å². The Hall–Kier alpha value is -7.76. The molecule has 0 amide bonds. The number of para-hydroxylation sites is 2. The summed E-state index contributed by atoms with van der Waals surface area (Å²) in [6.07, 6.45) is 0. The van der Waals surface area contributed by atoms with E-state index in [0.717, 1.165) is 22.7 Å². The highest BCUT2D eigenvalue weighted by atomic mass is 15.2. The highest BCUT2D eigenvalue weighted by Gasteiger charge is 2.43. The molecule has 4 heterocycles. The van der Waals surface area contributed by atoms with Gasteiger partial charge in [-0.2, -0.15) is 0 Å². The smallest absolute Gasteiger partial charge is 0.252 e. The van der Waals surface area contributed by atoms with Crippen LogP contribution in [0.5, 0.6) is 0 Å². The van der Waals surface area contributed by atoms with Gasteiger partial charge in [-0.3, -0.25) is 0 Å². The third-order valence-corrected chi connectivity index (χ3v) is 15.1. The summed E-state index contributed by atoms with van der Waals surface area (Å²) in [5.41, 5.74) is 23.4. The van der Waals surface area contributed by atoms with Crippen molar-refractivity contribution in [1.29, 1.82) is 0 Å². The second-order valence-corrected chi connectivity index (χ2v) is 21.6. The van der Waals surface area contributed by atoms with Crippen molar-refractivity contribution >= 4 is 101 Å². The average Bonchev–Trinajstić information content (AvgIpc) is 3.85. The third kappa shape index (κ3) is 6.29. The van der Waals surface area contributed by atoms with Crippen molar-refractivity contribution in [3.63, 3.8) is 0 Å². The summed E-state index contributed by atoms with van der Waals surface area (Å²) in [4.78, 5) is 5.08. The van der Waals surface area contributed by atoms with Gasteiger partial charge in [-0.15, -0.1) is 0 Å². The van der Waals surface area contributed by atoms with Crippen LogP contribution in [0.15, 0.2) is 188 Å². The van der Waals surface area contributed by atoms with Crippen molar-refractivity contribution in [3.8, 4) is 11.4 Å². The highest BCUT2D eigenvalue weighted by Crippen LogP contribution is 2.46. The summed E-state index contributed by atoms with van der Waals surface area (Å²) in [7, 11) is 0. The molecule has 0 aliphatic carbocycles. The van der Waals surface area contributed by atoms with Gasteiger partial charge in [-0.25, -0.2) is 0 Å². The summed E-state index contributed by atoms with van der Waals surface area (Å²) < 4.78 is 4.93. The molecule has 0 bridgehead atoms. The number of benzene rings is 9. The molecule has 69 heavy (non-hydrogen) atoms. The third-order valence-electron chi connectivity index (χ3n) is 15.1. The van der Waals surface area contributed by atoms with Gasteiger partial charge in [-0.05, 0) is 149 Å². The Bertz CT molecular complexity index is 3780. The molecule has 11 aromatic rings. The predicted molar refractivity (Wildman–Crippen MR) is 296 cm³/mol. The summed E-state index contributed by atoms with van der Waals surface area (Å²) in [6.45, 7) is 18.1. The van der Waals surface area contributed by atoms with Crippen molar-refractivity contribution in [3.05, 3.63) is 210 Å². The number of rotatable bonds is 4. The van der Waals surface area contributed by atoms with Crippen LogP contribution in [0, 0.1) is 13.8 Å². The maximum Gasteiger partial charge on any atom is 0.252 e. The minimum atomic E-state index is -0.0268. The number of hydrogen-bond acceptors (Lipinski definition) is 2. The van der Waals surface area contributed by atoms with Crippen LogP contribution in [0.4, 0.5) is 34.1 Å². The van der Waals surface area contributed by atoms with Gasteiger partial charge in [0.15, 0.2) is 0 Å². The second-order valence-electron chi connectivity index (χ2n) is 21.6. The molecular formula is C64H55BN4. The van der Waals surface area contributed by atoms with Crippen molar-refractivity contribution in [2.45, 2.75) is 66.2 Å². The van der Waals surface area contributed by atoms with Crippen LogP contribution < -0.4 is 26.2 Å². The molecular weight excluding hydrogens is 836 g/mol. The molecule has 0 N–H and O–H groups in total. The number of fused-ring (bicyclic) bond motifs is 10. The molecule has 2 aliphatic heterocycles. The Kier molecular flexibility index (Phi) is 8.93. The standard InChI is InChI=1S/C64H55BN4/c1-40-20-34-56-50(36-40)51-37-41(2)21-35-57(51)69(56)47-31-33-53-61(39-47)67(45-28-24-43(25-29-45)64(6,7)8)59-19-13-18-58-62(59)65(53)52-32-30-46(38-60(52)66(58)44-26-22-42(23-27-44)63(3,4)5)68-54-16-11-9-14-48(54)49-15-10-12-17-55(49)68/h9-39H,1-8H3. The van der Waals surface area contributed by atoms with Gasteiger partial charge >= 0.3 is 0 Å². The molecule has 5 heteroatoms. The number of hydrogen-bond donors (Lipinski definition) is 0. The maximum absolute atomic E-state index is 2.54. The van der Waals surface area contributed by atoms with Crippen molar-refractivity contribution in [1.82, 2.24) is 9.13 Å². The molecule has 4 nitrogen and oxygen atoms in total. The molecule has 0 atom stereocenters. The number of anilines is 6. The minimum absolute atomic E-state index is 0.0268. The van der Waals surface area contributed by atoms with Gasteiger partial charge in [0.1, 0.15) is 0 Å². The van der Waals surface area contributed by atoms with Crippen LogP contribution in [0.25, 0.3) is 55.0 Å². The highest BCUT2D eigenvalue weighted by molar-refractivity contribution is 7.00. The molecule has 9 aromatic carbocycles. The van der Waals surface area contributed by atoms with E-state index in [4.69, 9.17) is 0 Å². The molecule has 2 aromatic heterocycles. The van der Waals surface area contributed by atoms with Gasteiger partial charge in [0, 0.05) is 67.0 Å². The van der Waals surface area contributed by atoms with E-state index in [2.05, 4.69) is 262 Å². The Morgan fingerprint density at radius 2 is 0.725 bits per heavy atom. The van der Waals surface area contributed by atoms with Crippen LogP contribution in [0.2, 0.25) is 0 Å². The zero-order chi connectivity index (χ0) is 47.1. The first kappa shape index (κ1) is 41.4. The Balaban J connectivity index is 1.09. The molecule has 0 unspecified atom stereocenters. The summed E-state index contributed by atoms with van der Waals surface area (Å²) in [5, 5.41) is 5.09. The van der Waals surface area contributed by atoms with Gasteiger partial charge in [0.05, 0.1) is 22.1 Å². The monoisotopic (exact) mass is 890 g/mol. The number of aryl methyl sites for hydroxylation is 2. The van der Waals surface area contributed by atoms with E-state index < -0.39 is 0 Å². The van der Waals surface area contributed by atoms with E-state index in [1.54, 1.807) is 0 Å². The van der Waals surface area contributed by atoms with Crippen LogP contribution in [-0.4, -0.2) is 15.8 Å². The van der Waals surface area contributed by atoms with Gasteiger partial charge in [0.25, 0.3) is 6.71 Å². The lowest BCUT2D eigenvalue weighted by Crippen LogP contribution is -2.61. The fourth-order valence-electron chi connectivity index (χ4n) is 11.7. The molecule has 13 rings (SSSR count).